The zero-order chi connectivity index (χ0) is 17.8. The molecule has 3 rings (SSSR count). The van der Waals surface area contributed by atoms with Crippen LogP contribution in [0.3, 0.4) is 0 Å². The first-order valence-corrected chi connectivity index (χ1v) is 8.94. The topological polar surface area (TPSA) is 63.2 Å². The Morgan fingerprint density at radius 1 is 1.40 bits per heavy atom. The van der Waals surface area contributed by atoms with Gasteiger partial charge < -0.3 is 10.1 Å². The van der Waals surface area contributed by atoms with Gasteiger partial charge in [0.1, 0.15) is 5.75 Å². The molecule has 5 nitrogen and oxygen atoms in total. The highest BCUT2D eigenvalue weighted by molar-refractivity contribution is 7.15. The van der Waals surface area contributed by atoms with Crippen molar-refractivity contribution in [3.8, 4) is 5.75 Å². The molecule has 1 aromatic heterocycles. The lowest BCUT2D eigenvalue weighted by atomic mass is 9.97. The largest absolute Gasteiger partial charge is 0.434 e. The number of halogens is 3. The number of hydrogen-bond donors (Lipinski definition) is 2. The first-order chi connectivity index (χ1) is 12.0. The van der Waals surface area contributed by atoms with E-state index >= 15 is 0 Å². The van der Waals surface area contributed by atoms with Crippen molar-refractivity contribution in [1.82, 2.24) is 10.3 Å². The second kappa shape index (κ2) is 8.07. The van der Waals surface area contributed by atoms with E-state index in [0.717, 1.165) is 30.8 Å². The number of piperidine rings is 1. The summed E-state index contributed by atoms with van der Waals surface area (Å²) < 4.78 is 29.4. The summed E-state index contributed by atoms with van der Waals surface area (Å²) in [5.74, 6) is -0.398. The summed E-state index contributed by atoms with van der Waals surface area (Å²) in [6.45, 7) is -1.11. The Kier molecular flexibility index (Phi) is 5.82. The van der Waals surface area contributed by atoms with Gasteiger partial charge in [0.15, 0.2) is 5.13 Å². The minimum Gasteiger partial charge on any atom is -0.434 e. The Bertz CT molecular complexity index is 751. The summed E-state index contributed by atoms with van der Waals surface area (Å²) in [6, 6.07) is 3.91. The van der Waals surface area contributed by atoms with E-state index in [1.807, 2.05) is 0 Å². The Morgan fingerprint density at radius 3 is 2.88 bits per heavy atom. The van der Waals surface area contributed by atoms with Gasteiger partial charge in [-0.25, -0.2) is 4.98 Å². The maximum atomic E-state index is 12.5. The minimum atomic E-state index is -3.03. The molecule has 1 amide bonds. The van der Waals surface area contributed by atoms with Gasteiger partial charge in [-0.2, -0.15) is 8.78 Å². The number of nitrogens with zero attached hydrogens (tertiary/aromatic N) is 1. The van der Waals surface area contributed by atoms with Crippen LogP contribution in [0.1, 0.15) is 34.0 Å². The molecule has 1 fully saturated rings. The van der Waals surface area contributed by atoms with Crippen LogP contribution in [0.15, 0.2) is 24.4 Å². The molecule has 25 heavy (non-hydrogen) atoms. The van der Waals surface area contributed by atoms with Crippen LogP contribution < -0.4 is 15.4 Å². The van der Waals surface area contributed by atoms with Crippen LogP contribution in [-0.2, 0) is 0 Å². The third-order valence-electron chi connectivity index (χ3n) is 3.89. The second-order valence-corrected chi connectivity index (χ2v) is 7.06. The van der Waals surface area contributed by atoms with Gasteiger partial charge in [0, 0.05) is 16.1 Å². The molecule has 1 saturated heterocycles. The number of ether oxygens (including phenoxy) is 1. The highest BCUT2D eigenvalue weighted by Crippen LogP contribution is 2.32. The van der Waals surface area contributed by atoms with Crippen LogP contribution >= 0.6 is 22.9 Å². The van der Waals surface area contributed by atoms with Crippen LogP contribution in [0.4, 0.5) is 13.9 Å². The summed E-state index contributed by atoms with van der Waals surface area (Å²) in [4.78, 5) is 17.7. The summed E-state index contributed by atoms with van der Waals surface area (Å²) in [7, 11) is 0. The quantitative estimate of drug-likeness (QED) is 0.810. The molecule has 0 radical (unpaired) electrons. The Balaban J connectivity index is 1.74. The number of thiazole rings is 1. The zero-order valence-corrected chi connectivity index (χ0v) is 14.7. The van der Waals surface area contributed by atoms with Gasteiger partial charge in [0.05, 0.1) is 5.56 Å². The maximum Gasteiger partial charge on any atom is 0.387 e. The molecule has 2 aromatic rings. The van der Waals surface area contributed by atoms with Crippen LogP contribution in [0.2, 0.25) is 5.02 Å². The smallest absolute Gasteiger partial charge is 0.387 e. The number of carbonyl (C=O) groups excluding carboxylic acids is 1. The van der Waals surface area contributed by atoms with Gasteiger partial charge in [-0.1, -0.05) is 11.6 Å². The number of carbonyl (C=O) groups is 1. The van der Waals surface area contributed by atoms with Crippen LogP contribution in [0, 0.1) is 0 Å². The van der Waals surface area contributed by atoms with Crippen molar-refractivity contribution < 1.29 is 18.3 Å². The molecule has 0 saturated carbocycles. The Labute approximate surface area is 152 Å². The van der Waals surface area contributed by atoms with Crippen molar-refractivity contribution >= 4 is 34.0 Å². The minimum absolute atomic E-state index is 0.0635. The van der Waals surface area contributed by atoms with Crippen molar-refractivity contribution in [3.05, 3.63) is 39.9 Å². The molecule has 1 aliphatic heterocycles. The number of alkyl halides is 2. The molecule has 2 N–H and O–H groups in total. The third-order valence-corrected chi connectivity index (χ3v) is 5.20. The zero-order valence-electron chi connectivity index (χ0n) is 13.1. The molecule has 0 spiro atoms. The first-order valence-electron chi connectivity index (χ1n) is 7.75. The van der Waals surface area contributed by atoms with Crippen LogP contribution in [0.25, 0.3) is 0 Å². The van der Waals surface area contributed by atoms with Crippen molar-refractivity contribution in [2.45, 2.75) is 25.4 Å². The first kappa shape index (κ1) is 18.0. The van der Waals surface area contributed by atoms with Crippen molar-refractivity contribution in [2.75, 3.05) is 18.4 Å². The lowest BCUT2D eigenvalue weighted by Crippen LogP contribution is -2.26. The molecular formula is C16H16ClF2N3O2S. The standard InChI is InChI=1S/C16H16ClF2N3O2S/c17-10-1-2-12(24-15(18)19)11(7-10)14(23)22-16-21-8-13(25-16)9-3-5-20-6-4-9/h1-2,7-9,15,20H,3-6H2,(H,21,22,23). The molecule has 1 aromatic carbocycles. The van der Waals surface area contributed by atoms with E-state index in [4.69, 9.17) is 11.6 Å². The summed E-state index contributed by atoms with van der Waals surface area (Å²) in [5, 5.41) is 6.60. The Hall–Kier alpha value is -1.77. The molecule has 9 heteroatoms. The van der Waals surface area contributed by atoms with E-state index in [9.17, 15) is 13.6 Å². The van der Waals surface area contributed by atoms with Gasteiger partial charge in [-0.3, -0.25) is 10.1 Å². The molecule has 0 atom stereocenters. The molecule has 0 bridgehead atoms. The van der Waals surface area contributed by atoms with Gasteiger partial charge in [0.25, 0.3) is 5.91 Å². The Morgan fingerprint density at radius 2 is 2.16 bits per heavy atom. The fourth-order valence-electron chi connectivity index (χ4n) is 2.68. The number of amides is 1. The van der Waals surface area contributed by atoms with E-state index < -0.39 is 12.5 Å². The number of aromatic nitrogens is 1. The lowest BCUT2D eigenvalue weighted by Gasteiger charge is -2.20. The van der Waals surface area contributed by atoms with Gasteiger partial charge in [-0.15, -0.1) is 11.3 Å². The monoisotopic (exact) mass is 387 g/mol. The third kappa shape index (κ3) is 4.65. The second-order valence-electron chi connectivity index (χ2n) is 5.57. The van der Waals surface area contributed by atoms with Gasteiger partial charge in [-0.05, 0) is 50.0 Å². The number of hydrogen-bond acceptors (Lipinski definition) is 5. The van der Waals surface area contributed by atoms with Crippen molar-refractivity contribution in [1.29, 1.82) is 0 Å². The van der Waals surface area contributed by atoms with E-state index in [1.54, 1.807) is 6.20 Å². The average molecular weight is 388 g/mol. The fourth-order valence-corrected chi connectivity index (χ4v) is 3.83. The highest BCUT2D eigenvalue weighted by atomic mass is 35.5. The summed E-state index contributed by atoms with van der Waals surface area (Å²) in [5.41, 5.74) is -0.0635. The maximum absolute atomic E-state index is 12.5. The molecule has 0 aliphatic carbocycles. The predicted octanol–water partition coefficient (Wildman–Crippen LogP) is 4.12. The average Bonchev–Trinajstić information content (AvgIpc) is 3.05. The lowest BCUT2D eigenvalue weighted by molar-refractivity contribution is -0.0501. The number of nitrogens with one attached hydrogen (secondary N) is 2. The van der Waals surface area contributed by atoms with Crippen LogP contribution in [-0.4, -0.2) is 30.6 Å². The normalized spacial score (nSPS) is 15.4. The number of rotatable bonds is 5. The van der Waals surface area contributed by atoms with Crippen molar-refractivity contribution in [2.24, 2.45) is 0 Å². The summed E-state index contributed by atoms with van der Waals surface area (Å²) >= 11 is 7.26. The molecule has 134 valence electrons. The van der Waals surface area contributed by atoms with E-state index in [2.05, 4.69) is 20.4 Å². The molecule has 0 unspecified atom stereocenters. The SMILES string of the molecule is O=C(Nc1ncc(C2CCNCC2)s1)c1cc(Cl)ccc1OC(F)F. The molecule has 1 aliphatic rings. The fraction of sp³-hybridized carbons (Fsp3) is 0.375. The van der Waals surface area contributed by atoms with E-state index in [-0.39, 0.29) is 16.3 Å². The molecule has 2 heterocycles. The number of anilines is 1. The molecular weight excluding hydrogens is 372 g/mol. The highest BCUT2D eigenvalue weighted by Gasteiger charge is 2.20. The van der Waals surface area contributed by atoms with E-state index in [0.29, 0.717) is 11.0 Å². The predicted molar refractivity (Wildman–Crippen MR) is 93.0 cm³/mol. The van der Waals surface area contributed by atoms with Gasteiger partial charge in [0.2, 0.25) is 0 Å². The summed E-state index contributed by atoms with van der Waals surface area (Å²) in [6.07, 6.45) is 3.80. The van der Waals surface area contributed by atoms with E-state index in [1.165, 1.54) is 29.5 Å². The number of benzene rings is 1. The van der Waals surface area contributed by atoms with Gasteiger partial charge >= 0.3 is 6.61 Å². The van der Waals surface area contributed by atoms with Crippen molar-refractivity contribution in [3.63, 3.8) is 0 Å². The van der Waals surface area contributed by atoms with Crippen LogP contribution in [0.5, 0.6) is 5.75 Å².